The number of halogens is 1. The average molecular weight is 300 g/mol. The van der Waals surface area contributed by atoms with Crippen LogP contribution in [0, 0.1) is 6.92 Å². The zero-order chi connectivity index (χ0) is 15.1. The van der Waals surface area contributed by atoms with Gasteiger partial charge >= 0.3 is 5.97 Å². The van der Waals surface area contributed by atoms with E-state index in [4.69, 9.17) is 26.8 Å². The molecule has 1 amide bonds. The molecule has 0 saturated heterocycles. The Balaban J connectivity index is 2.26. The monoisotopic (exact) mass is 299 g/mol. The van der Waals surface area contributed by atoms with Gasteiger partial charge in [-0.2, -0.15) is 0 Å². The number of benzene rings is 1. The first-order chi connectivity index (χ1) is 9.40. The van der Waals surface area contributed by atoms with Crippen LogP contribution in [-0.4, -0.2) is 24.6 Å². The molecule has 5 nitrogen and oxygen atoms in total. The number of rotatable bonds is 7. The van der Waals surface area contributed by atoms with E-state index >= 15 is 0 Å². The number of carbonyl (C=O) groups excluding carboxylic acids is 2. The highest BCUT2D eigenvalue weighted by molar-refractivity contribution is 6.31. The van der Waals surface area contributed by atoms with Gasteiger partial charge in [0.15, 0.2) is 6.10 Å². The van der Waals surface area contributed by atoms with Gasteiger partial charge in [0, 0.05) is 11.4 Å². The van der Waals surface area contributed by atoms with Crippen LogP contribution in [0.1, 0.15) is 25.3 Å². The van der Waals surface area contributed by atoms with Crippen LogP contribution in [0.4, 0.5) is 0 Å². The van der Waals surface area contributed by atoms with E-state index in [0.29, 0.717) is 23.8 Å². The molecule has 0 radical (unpaired) electrons. The maximum Gasteiger partial charge on any atom is 0.306 e. The molecule has 0 fully saturated rings. The highest BCUT2D eigenvalue weighted by Gasteiger charge is 2.13. The zero-order valence-corrected chi connectivity index (χ0v) is 12.3. The Bertz CT molecular complexity index is 490. The molecule has 1 atom stereocenters. The fourth-order valence-corrected chi connectivity index (χ4v) is 1.55. The number of carbonyl (C=O) groups is 2. The summed E-state index contributed by atoms with van der Waals surface area (Å²) in [4.78, 5) is 22.1. The Hall–Kier alpha value is -1.75. The minimum absolute atomic E-state index is 0.171. The predicted octanol–water partition coefficient (Wildman–Crippen LogP) is 2.22. The summed E-state index contributed by atoms with van der Waals surface area (Å²) in [5, 5.41) is 0.682. The number of aryl methyl sites for hydroxylation is 1. The smallest absolute Gasteiger partial charge is 0.306 e. The van der Waals surface area contributed by atoms with Crippen molar-refractivity contribution in [2.24, 2.45) is 5.73 Å². The van der Waals surface area contributed by atoms with Gasteiger partial charge in [0.25, 0.3) is 5.91 Å². The van der Waals surface area contributed by atoms with Gasteiger partial charge in [-0.05, 0) is 44.0 Å². The maximum absolute atomic E-state index is 11.4. The Morgan fingerprint density at radius 3 is 2.70 bits per heavy atom. The molecule has 2 N–H and O–H groups in total. The Morgan fingerprint density at radius 2 is 2.10 bits per heavy atom. The van der Waals surface area contributed by atoms with Gasteiger partial charge in [-0.25, -0.2) is 0 Å². The highest BCUT2D eigenvalue weighted by Crippen LogP contribution is 2.21. The summed E-state index contributed by atoms with van der Waals surface area (Å²) in [7, 11) is 0. The minimum atomic E-state index is -0.901. The molecule has 1 rings (SSSR count). The van der Waals surface area contributed by atoms with Gasteiger partial charge in [-0.15, -0.1) is 0 Å². The van der Waals surface area contributed by atoms with Crippen molar-refractivity contribution in [3.05, 3.63) is 28.8 Å². The van der Waals surface area contributed by atoms with Gasteiger partial charge in [0.1, 0.15) is 5.75 Å². The second kappa shape index (κ2) is 7.75. The molecular formula is C14H18ClNO4. The molecule has 0 saturated carbocycles. The first kappa shape index (κ1) is 16.3. The molecule has 0 aliphatic carbocycles. The average Bonchev–Trinajstić information content (AvgIpc) is 2.38. The molecule has 6 heteroatoms. The van der Waals surface area contributed by atoms with E-state index in [-0.39, 0.29) is 6.42 Å². The number of primary amides is 1. The molecule has 0 unspecified atom stereocenters. The number of hydrogen-bond acceptors (Lipinski definition) is 4. The summed E-state index contributed by atoms with van der Waals surface area (Å²) < 4.78 is 10.3. The largest absolute Gasteiger partial charge is 0.494 e. The Kier molecular flexibility index (Phi) is 6.31. The predicted molar refractivity (Wildman–Crippen MR) is 75.7 cm³/mol. The van der Waals surface area contributed by atoms with Crippen LogP contribution in [0.25, 0.3) is 0 Å². The van der Waals surface area contributed by atoms with E-state index < -0.39 is 18.0 Å². The van der Waals surface area contributed by atoms with E-state index in [1.165, 1.54) is 6.92 Å². The summed E-state index contributed by atoms with van der Waals surface area (Å²) in [5.41, 5.74) is 5.92. The van der Waals surface area contributed by atoms with E-state index in [1.807, 2.05) is 13.0 Å². The molecule has 0 aromatic heterocycles. The molecule has 0 spiro atoms. The van der Waals surface area contributed by atoms with Gasteiger partial charge < -0.3 is 15.2 Å². The second-order valence-corrected chi connectivity index (χ2v) is 4.80. The first-order valence-corrected chi connectivity index (χ1v) is 6.65. The fraction of sp³-hybridized carbons (Fsp3) is 0.429. The van der Waals surface area contributed by atoms with Gasteiger partial charge in [0.05, 0.1) is 6.61 Å². The Morgan fingerprint density at radius 1 is 1.40 bits per heavy atom. The standard InChI is InChI=1S/C14H18ClNO4/c1-9-8-11(5-6-12(9)15)19-7-3-4-13(17)20-10(2)14(16)18/h5-6,8,10H,3-4,7H2,1-2H3,(H2,16,18)/t10-/m0/s1. The molecule has 1 aromatic carbocycles. The highest BCUT2D eigenvalue weighted by atomic mass is 35.5. The lowest BCUT2D eigenvalue weighted by molar-refractivity contribution is -0.153. The summed E-state index contributed by atoms with van der Waals surface area (Å²) in [5.74, 6) is -0.427. The van der Waals surface area contributed by atoms with E-state index in [1.54, 1.807) is 12.1 Å². The number of amides is 1. The summed E-state index contributed by atoms with van der Waals surface area (Å²) in [6, 6.07) is 5.35. The van der Waals surface area contributed by atoms with Gasteiger partial charge in [-0.1, -0.05) is 11.6 Å². The van der Waals surface area contributed by atoms with Crippen LogP contribution in [-0.2, 0) is 14.3 Å². The van der Waals surface area contributed by atoms with Crippen molar-refractivity contribution in [1.82, 2.24) is 0 Å². The van der Waals surface area contributed by atoms with Crippen molar-refractivity contribution >= 4 is 23.5 Å². The van der Waals surface area contributed by atoms with Crippen LogP contribution < -0.4 is 10.5 Å². The number of nitrogens with two attached hydrogens (primary N) is 1. The quantitative estimate of drug-likeness (QED) is 0.618. The van der Waals surface area contributed by atoms with Crippen LogP contribution in [0.2, 0.25) is 5.02 Å². The third-order valence-corrected chi connectivity index (χ3v) is 3.06. The van der Waals surface area contributed by atoms with Gasteiger partial charge in [0.2, 0.25) is 0 Å². The molecule has 0 heterocycles. The third kappa shape index (κ3) is 5.48. The molecule has 110 valence electrons. The molecule has 0 bridgehead atoms. The topological polar surface area (TPSA) is 78.6 Å². The minimum Gasteiger partial charge on any atom is -0.494 e. The normalized spacial score (nSPS) is 11.8. The number of esters is 1. The van der Waals surface area contributed by atoms with Crippen LogP contribution >= 0.6 is 11.6 Å². The van der Waals surface area contributed by atoms with Crippen LogP contribution in [0.3, 0.4) is 0 Å². The van der Waals surface area contributed by atoms with Crippen molar-refractivity contribution < 1.29 is 19.1 Å². The van der Waals surface area contributed by atoms with Crippen LogP contribution in [0.15, 0.2) is 18.2 Å². The fourth-order valence-electron chi connectivity index (χ4n) is 1.43. The molecule has 20 heavy (non-hydrogen) atoms. The van der Waals surface area contributed by atoms with E-state index in [9.17, 15) is 9.59 Å². The third-order valence-electron chi connectivity index (χ3n) is 2.63. The molecule has 0 aliphatic rings. The molecular weight excluding hydrogens is 282 g/mol. The Labute approximate surface area is 123 Å². The summed E-state index contributed by atoms with van der Waals surface area (Å²) in [6.07, 6.45) is -0.238. The van der Waals surface area contributed by atoms with Crippen molar-refractivity contribution in [2.45, 2.75) is 32.8 Å². The SMILES string of the molecule is Cc1cc(OCCCC(=O)O[C@@H](C)C(N)=O)ccc1Cl. The van der Waals surface area contributed by atoms with Crippen molar-refractivity contribution in [2.75, 3.05) is 6.61 Å². The van der Waals surface area contributed by atoms with E-state index in [2.05, 4.69) is 0 Å². The lowest BCUT2D eigenvalue weighted by Crippen LogP contribution is -2.30. The molecule has 1 aromatic rings. The van der Waals surface area contributed by atoms with Crippen LogP contribution in [0.5, 0.6) is 5.75 Å². The van der Waals surface area contributed by atoms with Crippen molar-refractivity contribution in [3.63, 3.8) is 0 Å². The second-order valence-electron chi connectivity index (χ2n) is 4.40. The molecule has 0 aliphatic heterocycles. The first-order valence-electron chi connectivity index (χ1n) is 6.28. The number of ether oxygens (including phenoxy) is 2. The van der Waals surface area contributed by atoms with E-state index in [0.717, 1.165) is 5.56 Å². The zero-order valence-electron chi connectivity index (χ0n) is 11.5. The maximum atomic E-state index is 11.4. The van der Waals surface area contributed by atoms with Crippen molar-refractivity contribution in [3.8, 4) is 5.75 Å². The number of hydrogen-bond donors (Lipinski definition) is 1. The van der Waals surface area contributed by atoms with Crippen molar-refractivity contribution in [1.29, 1.82) is 0 Å². The summed E-state index contributed by atoms with van der Waals surface area (Å²) >= 11 is 5.90. The lowest BCUT2D eigenvalue weighted by atomic mass is 10.2. The van der Waals surface area contributed by atoms with Gasteiger partial charge in [-0.3, -0.25) is 9.59 Å². The lowest BCUT2D eigenvalue weighted by Gasteiger charge is -2.10. The summed E-state index contributed by atoms with van der Waals surface area (Å²) in [6.45, 7) is 3.70.